The fraction of sp³-hybridized carbons (Fsp3) is 0. The third kappa shape index (κ3) is 4.66. The molecule has 9 heteroatoms. The van der Waals surface area contributed by atoms with Crippen molar-refractivity contribution >= 4 is 52.0 Å². The number of halogens is 3. The van der Waals surface area contributed by atoms with Gasteiger partial charge in [0.25, 0.3) is 0 Å². The Morgan fingerprint density at radius 1 is 0.310 bits per heavy atom. The molecule has 3 aromatic heterocycles. The van der Waals surface area contributed by atoms with Crippen LogP contribution in [0.1, 0.15) is 0 Å². The van der Waals surface area contributed by atoms with Gasteiger partial charge in [-0.1, -0.05) is 18.2 Å². The van der Waals surface area contributed by atoms with E-state index in [2.05, 4.69) is 0 Å². The monoisotopic (exact) mass is 558 g/mol. The van der Waals surface area contributed by atoms with Crippen LogP contribution in [0.4, 0.5) is 65.1 Å². The molecular formula is C33H21F3N6. The van der Waals surface area contributed by atoms with E-state index in [1.807, 2.05) is 69.3 Å². The SMILES string of the molecule is Fc1ccc(N2c3cccc(n3)N(c3ccc(F)cc3)c3cccc(n3)N(c3ccc(F)cc3)c3cccc2n3)cc1. The maximum absolute atomic E-state index is 14.0. The Hall–Kier alpha value is -5.70. The van der Waals surface area contributed by atoms with E-state index < -0.39 is 0 Å². The van der Waals surface area contributed by atoms with E-state index in [-0.39, 0.29) is 17.5 Å². The maximum Gasteiger partial charge on any atom is 0.141 e. The average Bonchev–Trinajstić information content (AvgIpc) is 3.01. The number of rotatable bonds is 3. The Balaban J connectivity index is 1.53. The Bertz CT molecular complexity index is 1600. The van der Waals surface area contributed by atoms with E-state index in [4.69, 9.17) is 15.0 Å². The minimum absolute atomic E-state index is 0.369. The summed E-state index contributed by atoms with van der Waals surface area (Å²) in [4.78, 5) is 20.4. The maximum atomic E-state index is 14.0. The Labute approximate surface area is 239 Å². The fourth-order valence-corrected chi connectivity index (χ4v) is 4.90. The van der Waals surface area contributed by atoms with Gasteiger partial charge in [0.1, 0.15) is 52.4 Å². The second kappa shape index (κ2) is 10.4. The average molecular weight is 559 g/mol. The van der Waals surface area contributed by atoms with Gasteiger partial charge in [0.05, 0.1) is 0 Å². The van der Waals surface area contributed by atoms with Gasteiger partial charge in [-0.15, -0.1) is 0 Å². The standard InChI is InChI=1S/C33H21F3N6/c34-22-10-16-25(17-11-22)40-28-4-1-5-29(37-28)41(26-18-12-23(35)13-19-26)31-7-3-9-33(39-31)42(27-20-14-24(36)15-21-27)32-8-2-6-30(40)38-32/h1-21H. The zero-order valence-corrected chi connectivity index (χ0v) is 21.9. The molecule has 42 heavy (non-hydrogen) atoms. The van der Waals surface area contributed by atoms with Crippen LogP contribution < -0.4 is 14.7 Å². The zero-order valence-electron chi connectivity index (χ0n) is 21.9. The Morgan fingerprint density at radius 3 is 0.738 bits per heavy atom. The van der Waals surface area contributed by atoms with Crippen LogP contribution in [-0.2, 0) is 0 Å². The highest BCUT2D eigenvalue weighted by atomic mass is 19.1. The topological polar surface area (TPSA) is 48.4 Å². The summed E-state index contributed by atoms with van der Waals surface area (Å²) >= 11 is 0. The van der Waals surface area contributed by atoms with Gasteiger partial charge < -0.3 is 0 Å². The molecule has 204 valence electrons. The van der Waals surface area contributed by atoms with Crippen molar-refractivity contribution in [2.45, 2.75) is 0 Å². The predicted octanol–water partition coefficient (Wildman–Crippen LogP) is 9.01. The highest BCUT2D eigenvalue weighted by Crippen LogP contribution is 2.41. The van der Waals surface area contributed by atoms with Gasteiger partial charge in [-0.25, -0.2) is 28.1 Å². The molecule has 3 aromatic carbocycles. The molecule has 0 spiro atoms. The van der Waals surface area contributed by atoms with Gasteiger partial charge in [-0.2, -0.15) is 0 Å². The van der Waals surface area contributed by atoms with Gasteiger partial charge in [-0.05, 0) is 109 Å². The molecule has 0 saturated heterocycles. The molecule has 6 nitrogen and oxygen atoms in total. The Morgan fingerprint density at radius 2 is 0.524 bits per heavy atom. The third-order valence-corrected chi connectivity index (χ3v) is 6.79. The molecule has 0 unspecified atom stereocenters. The van der Waals surface area contributed by atoms with Crippen LogP contribution >= 0.6 is 0 Å². The molecule has 0 atom stereocenters. The molecule has 0 N–H and O–H groups in total. The number of hydrogen-bond acceptors (Lipinski definition) is 6. The lowest BCUT2D eigenvalue weighted by Crippen LogP contribution is -2.21. The first-order chi connectivity index (χ1) is 20.5. The Kier molecular flexibility index (Phi) is 6.24. The summed E-state index contributed by atoms with van der Waals surface area (Å²) in [6.07, 6.45) is 0. The van der Waals surface area contributed by atoms with E-state index >= 15 is 0 Å². The minimum Gasteiger partial charge on any atom is -0.279 e. The van der Waals surface area contributed by atoms with Crippen LogP contribution in [0.2, 0.25) is 0 Å². The van der Waals surface area contributed by atoms with Gasteiger partial charge in [0, 0.05) is 17.1 Å². The highest BCUT2D eigenvalue weighted by Gasteiger charge is 2.24. The number of anilines is 9. The van der Waals surface area contributed by atoms with Crippen LogP contribution in [0, 0.1) is 17.5 Å². The molecule has 6 bridgehead atoms. The molecule has 4 heterocycles. The van der Waals surface area contributed by atoms with Crippen molar-refractivity contribution in [1.82, 2.24) is 15.0 Å². The highest BCUT2D eigenvalue weighted by molar-refractivity contribution is 5.81. The molecule has 0 amide bonds. The summed E-state index contributed by atoms with van der Waals surface area (Å²) in [6.45, 7) is 0. The normalized spacial score (nSPS) is 12.5. The summed E-state index contributed by atoms with van der Waals surface area (Å²) in [5.74, 6) is 1.98. The smallest absolute Gasteiger partial charge is 0.141 e. The van der Waals surface area contributed by atoms with E-state index in [9.17, 15) is 13.2 Å². The van der Waals surface area contributed by atoms with Crippen molar-refractivity contribution in [2.24, 2.45) is 0 Å². The molecule has 6 aromatic rings. The van der Waals surface area contributed by atoms with Crippen molar-refractivity contribution in [3.05, 3.63) is 145 Å². The predicted molar refractivity (Wildman–Crippen MR) is 157 cm³/mol. The first-order valence-electron chi connectivity index (χ1n) is 13.1. The number of hydrogen-bond donors (Lipinski definition) is 0. The molecule has 1 aliphatic rings. The summed E-state index contributed by atoms with van der Waals surface area (Å²) in [5, 5.41) is 0. The number of pyridine rings is 3. The first kappa shape index (κ1) is 25.3. The van der Waals surface area contributed by atoms with Crippen LogP contribution in [-0.4, -0.2) is 15.0 Å². The summed E-state index contributed by atoms with van der Waals surface area (Å²) < 4.78 is 41.9. The van der Waals surface area contributed by atoms with Crippen LogP contribution in [0.5, 0.6) is 0 Å². The summed E-state index contributed by atoms with van der Waals surface area (Å²) in [5.41, 5.74) is 1.92. The lowest BCUT2D eigenvalue weighted by Gasteiger charge is -2.30. The van der Waals surface area contributed by atoms with Gasteiger partial charge in [0.2, 0.25) is 0 Å². The van der Waals surface area contributed by atoms with Crippen molar-refractivity contribution in [3.63, 3.8) is 0 Å². The van der Waals surface area contributed by atoms with Crippen molar-refractivity contribution in [2.75, 3.05) is 14.7 Å². The first-order valence-corrected chi connectivity index (χ1v) is 13.1. The molecule has 0 saturated carbocycles. The summed E-state index contributed by atoms with van der Waals surface area (Å²) in [7, 11) is 0. The molecule has 7 rings (SSSR count). The number of aromatic nitrogens is 3. The second-order valence-electron chi connectivity index (χ2n) is 9.50. The molecule has 1 aliphatic heterocycles. The molecule has 0 fully saturated rings. The third-order valence-electron chi connectivity index (χ3n) is 6.79. The number of nitrogens with zero attached hydrogens (tertiary/aromatic N) is 6. The van der Waals surface area contributed by atoms with E-state index in [0.717, 1.165) is 0 Å². The number of fused-ring (bicyclic) bond motifs is 6. The zero-order chi connectivity index (χ0) is 28.6. The van der Waals surface area contributed by atoms with E-state index in [1.54, 1.807) is 36.4 Å². The lowest BCUT2D eigenvalue weighted by molar-refractivity contribution is 0.627. The number of benzene rings is 3. The van der Waals surface area contributed by atoms with Gasteiger partial charge in [-0.3, -0.25) is 14.7 Å². The molecular weight excluding hydrogens is 537 g/mol. The summed E-state index contributed by atoms with van der Waals surface area (Å²) in [6, 6.07) is 34.8. The lowest BCUT2D eigenvalue weighted by atomic mass is 10.2. The van der Waals surface area contributed by atoms with Crippen molar-refractivity contribution in [3.8, 4) is 0 Å². The van der Waals surface area contributed by atoms with Crippen molar-refractivity contribution in [1.29, 1.82) is 0 Å². The molecule has 0 radical (unpaired) electrons. The van der Waals surface area contributed by atoms with Crippen molar-refractivity contribution < 1.29 is 13.2 Å². The van der Waals surface area contributed by atoms with Crippen LogP contribution in [0.3, 0.4) is 0 Å². The van der Waals surface area contributed by atoms with Crippen LogP contribution in [0.25, 0.3) is 0 Å². The largest absolute Gasteiger partial charge is 0.279 e. The quantitative estimate of drug-likeness (QED) is 0.216. The van der Waals surface area contributed by atoms with E-state index in [0.29, 0.717) is 52.0 Å². The van der Waals surface area contributed by atoms with E-state index in [1.165, 1.54) is 36.4 Å². The molecule has 0 aliphatic carbocycles. The van der Waals surface area contributed by atoms with Gasteiger partial charge in [0.15, 0.2) is 0 Å². The van der Waals surface area contributed by atoms with Gasteiger partial charge >= 0.3 is 0 Å². The second-order valence-corrected chi connectivity index (χ2v) is 9.50. The fourth-order valence-electron chi connectivity index (χ4n) is 4.90. The van der Waals surface area contributed by atoms with Crippen LogP contribution in [0.15, 0.2) is 127 Å². The minimum atomic E-state index is -0.369.